The first kappa shape index (κ1) is 24.4. The van der Waals surface area contributed by atoms with E-state index < -0.39 is 0 Å². The van der Waals surface area contributed by atoms with Gasteiger partial charge in [-0.15, -0.1) is 24.0 Å². The van der Waals surface area contributed by atoms with Crippen molar-refractivity contribution in [3.63, 3.8) is 0 Å². The highest BCUT2D eigenvalue weighted by Crippen LogP contribution is 2.38. The van der Waals surface area contributed by atoms with Gasteiger partial charge in [0.05, 0.1) is 6.61 Å². The van der Waals surface area contributed by atoms with Crippen LogP contribution in [-0.2, 0) is 4.74 Å². The molecule has 2 atom stereocenters. The average Bonchev–Trinajstić information content (AvgIpc) is 3.38. The Kier molecular flexibility index (Phi) is 9.22. The minimum absolute atomic E-state index is 0. The zero-order valence-corrected chi connectivity index (χ0v) is 20.9. The van der Waals surface area contributed by atoms with Crippen molar-refractivity contribution < 1.29 is 4.74 Å². The number of nitrogens with zero attached hydrogens (tertiary/aromatic N) is 2. The van der Waals surface area contributed by atoms with Crippen LogP contribution >= 0.6 is 24.0 Å². The first-order chi connectivity index (χ1) is 13.6. The SMILES string of the molecule is CCC(CC)(CNC(=NC)N1CCC2(CCOC2)C1)NC(C)c1ccccc1.I. The number of aliphatic imine (C=N–C) groups is 1. The number of benzene rings is 1. The van der Waals surface area contributed by atoms with Crippen molar-refractivity contribution in [2.75, 3.05) is 39.9 Å². The Morgan fingerprint density at radius 1 is 1.24 bits per heavy atom. The van der Waals surface area contributed by atoms with Gasteiger partial charge in [-0.05, 0) is 38.2 Å². The minimum Gasteiger partial charge on any atom is -0.381 e. The molecule has 1 spiro atoms. The molecule has 2 saturated heterocycles. The molecule has 0 aliphatic carbocycles. The van der Waals surface area contributed by atoms with E-state index in [4.69, 9.17) is 4.74 Å². The van der Waals surface area contributed by atoms with Crippen molar-refractivity contribution in [3.8, 4) is 0 Å². The van der Waals surface area contributed by atoms with E-state index in [9.17, 15) is 0 Å². The number of rotatable bonds is 7. The van der Waals surface area contributed by atoms with Crippen molar-refractivity contribution in [3.05, 3.63) is 35.9 Å². The van der Waals surface area contributed by atoms with E-state index in [2.05, 4.69) is 71.6 Å². The van der Waals surface area contributed by atoms with Gasteiger partial charge in [-0.1, -0.05) is 44.2 Å². The van der Waals surface area contributed by atoms with E-state index in [-0.39, 0.29) is 29.5 Å². The third-order valence-corrected chi connectivity index (χ3v) is 6.90. The maximum Gasteiger partial charge on any atom is 0.193 e. The lowest BCUT2D eigenvalue weighted by Crippen LogP contribution is -2.55. The quantitative estimate of drug-likeness (QED) is 0.326. The predicted octanol–water partition coefficient (Wildman–Crippen LogP) is 4.20. The number of nitrogens with one attached hydrogen (secondary N) is 2. The third kappa shape index (κ3) is 5.85. The Labute approximate surface area is 194 Å². The van der Waals surface area contributed by atoms with Crippen LogP contribution in [0.5, 0.6) is 0 Å². The molecule has 0 amide bonds. The van der Waals surface area contributed by atoms with Crippen LogP contribution in [0.2, 0.25) is 0 Å². The van der Waals surface area contributed by atoms with Crippen LogP contribution in [0.25, 0.3) is 0 Å². The smallest absolute Gasteiger partial charge is 0.193 e. The second kappa shape index (κ2) is 11.0. The molecule has 2 unspecified atom stereocenters. The van der Waals surface area contributed by atoms with E-state index in [1.54, 1.807) is 0 Å². The van der Waals surface area contributed by atoms with E-state index in [0.29, 0.717) is 11.5 Å². The van der Waals surface area contributed by atoms with Crippen LogP contribution in [-0.4, -0.2) is 56.3 Å². The summed E-state index contributed by atoms with van der Waals surface area (Å²) in [6, 6.07) is 11.0. The van der Waals surface area contributed by atoms with E-state index in [1.807, 2.05) is 7.05 Å². The molecule has 5 nitrogen and oxygen atoms in total. The summed E-state index contributed by atoms with van der Waals surface area (Å²) in [5, 5.41) is 7.60. The van der Waals surface area contributed by atoms with Gasteiger partial charge in [-0.25, -0.2) is 0 Å². The number of hydrogen-bond acceptors (Lipinski definition) is 3. The highest BCUT2D eigenvalue weighted by atomic mass is 127. The fourth-order valence-corrected chi connectivity index (χ4v) is 4.71. The molecule has 164 valence electrons. The van der Waals surface area contributed by atoms with E-state index >= 15 is 0 Å². The van der Waals surface area contributed by atoms with Gasteiger partial charge in [0.25, 0.3) is 0 Å². The molecule has 0 bridgehead atoms. The summed E-state index contributed by atoms with van der Waals surface area (Å²) in [7, 11) is 1.90. The minimum atomic E-state index is 0. The van der Waals surface area contributed by atoms with Crippen molar-refractivity contribution in [2.24, 2.45) is 10.4 Å². The monoisotopic (exact) mass is 514 g/mol. The molecule has 2 heterocycles. The van der Waals surface area contributed by atoms with Crippen LogP contribution in [0, 0.1) is 5.41 Å². The van der Waals surface area contributed by atoms with Gasteiger partial charge in [-0.3, -0.25) is 4.99 Å². The van der Waals surface area contributed by atoms with Crippen molar-refractivity contribution in [1.29, 1.82) is 0 Å². The molecule has 3 rings (SSSR count). The van der Waals surface area contributed by atoms with Crippen LogP contribution in [0.4, 0.5) is 0 Å². The zero-order chi connectivity index (χ0) is 20.0. The molecule has 2 aliphatic heterocycles. The van der Waals surface area contributed by atoms with E-state index in [0.717, 1.165) is 51.6 Å². The van der Waals surface area contributed by atoms with Crippen LogP contribution in [0.15, 0.2) is 35.3 Å². The Balaban J connectivity index is 0.00000300. The number of ether oxygens (including phenoxy) is 1. The number of hydrogen-bond donors (Lipinski definition) is 2. The van der Waals surface area contributed by atoms with Gasteiger partial charge in [0.2, 0.25) is 0 Å². The fourth-order valence-electron chi connectivity index (χ4n) is 4.71. The summed E-state index contributed by atoms with van der Waals surface area (Å²) in [6.07, 6.45) is 4.54. The Morgan fingerprint density at radius 2 is 1.97 bits per heavy atom. The van der Waals surface area contributed by atoms with Crippen molar-refractivity contribution in [1.82, 2.24) is 15.5 Å². The first-order valence-corrected chi connectivity index (χ1v) is 10.9. The first-order valence-electron chi connectivity index (χ1n) is 10.9. The van der Waals surface area contributed by atoms with Gasteiger partial charge in [-0.2, -0.15) is 0 Å². The van der Waals surface area contributed by atoms with Gasteiger partial charge >= 0.3 is 0 Å². The molecule has 2 aliphatic rings. The van der Waals surface area contributed by atoms with Gasteiger partial charge in [0.15, 0.2) is 5.96 Å². The number of guanidine groups is 1. The topological polar surface area (TPSA) is 48.9 Å². The fraction of sp³-hybridized carbons (Fsp3) is 0.696. The molecular weight excluding hydrogens is 475 g/mol. The summed E-state index contributed by atoms with van der Waals surface area (Å²) in [5.41, 5.74) is 1.73. The normalized spacial score (nSPS) is 23.3. The van der Waals surface area contributed by atoms with Crippen LogP contribution in [0.3, 0.4) is 0 Å². The second-order valence-corrected chi connectivity index (χ2v) is 8.64. The maximum atomic E-state index is 5.68. The summed E-state index contributed by atoms with van der Waals surface area (Å²) < 4.78 is 5.68. The van der Waals surface area contributed by atoms with Crippen molar-refractivity contribution in [2.45, 2.75) is 58.0 Å². The summed E-state index contributed by atoms with van der Waals surface area (Å²) in [5.74, 6) is 1.03. The standard InChI is InChI=1S/C23H38N4O.HI/c1-5-23(6-2,26-19(3)20-10-8-7-9-11-20)16-25-21(24-4)27-14-12-22(17-27)13-15-28-18-22;/h7-11,19,26H,5-6,12-18H2,1-4H3,(H,24,25);1H. The molecule has 1 aromatic rings. The molecule has 29 heavy (non-hydrogen) atoms. The lowest BCUT2D eigenvalue weighted by atomic mass is 9.87. The lowest BCUT2D eigenvalue weighted by molar-refractivity contribution is 0.156. The Morgan fingerprint density at radius 3 is 2.55 bits per heavy atom. The molecule has 0 saturated carbocycles. The molecule has 6 heteroatoms. The highest BCUT2D eigenvalue weighted by Gasteiger charge is 2.42. The van der Waals surface area contributed by atoms with Crippen molar-refractivity contribution >= 4 is 29.9 Å². The molecule has 0 radical (unpaired) electrons. The summed E-state index contributed by atoms with van der Waals surface area (Å²) in [6.45, 7) is 11.6. The van der Waals surface area contributed by atoms with Crippen LogP contribution < -0.4 is 10.6 Å². The predicted molar refractivity (Wildman–Crippen MR) is 132 cm³/mol. The molecule has 0 aromatic heterocycles. The summed E-state index contributed by atoms with van der Waals surface area (Å²) >= 11 is 0. The largest absolute Gasteiger partial charge is 0.381 e. The Bertz CT molecular complexity index is 642. The maximum absolute atomic E-state index is 5.68. The number of likely N-dealkylation sites (tertiary alicyclic amines) is 1. The lowest BCUT2D eigenvalue weighted by Gasteiger charge is -2.37. The average molecular weight is 514 g/mol. The second-order valence-electron chi connectivity index (χ2n) is 8.64. The summed E-state index contributed by atoms with van der Waals surface area (Å²) in [4.78, 5) is 7.02. The molecule has 1 aromatic carbocycles. The van der Waals surface area contributed by atoms with Crippen LogP contribution in [0.1, 0.15) is 58.1 Å². The third-order valence-electron chi connectivity index (χ3n) is 6.90. The molecule has 2 N–H and O–H groups in total. The number of halogens is 1. The zero-order valence-electron chi connectivity index (χ0n) is 18.5. The van der Waals surface area contributed by atoms with Gasteiger partial charge in [0.1, 0.15) is 0 Å². The van der Waals surface area contributed by atoms with Gasteiger partial charge < -0.3 is 20.3 Å². The van der Waals surface area contributed by atoms with Gasteiger partial charge in [0, 0.05) is 50.3 Å². The van der Waals surface area contributed by atoms with E-state index in [1.165, 1.54) is 18.4 Å². The molecular formula is C23H39IN4O. The highest BCUT2D eigenvalue weighted by molar-refractivity contribution is 14.0. The molecule has 2 fully saturated rings. The Hall–Kier alpha value is -0.860.